The predicted molar refractivity (Wildman–Crippen MR) is 67.6 cm³/mol. The summed E-state index contributed by atoms with van der Waals surface area (Å²) in [5, 5.41) is 0. The summed E-state index contributed by atoms with van der Waals surface area (Å²) in [6, 6.07) is 16.2. The van der Waals surface area contributed by atoms with Crippen molar-refractivity contribution >= 4 is 16.4 Å². The van der Waals surface area contributed by atoms with Crippen LogP contribution in [0.1, 0.15) is 10.4 Å². The zero-order valence-corrected chi connectivity index (χ0v) is 10.1. The van der Waals surface area contributed by atoms with Crippen molar-refractivity contribution in [3.05, 3.63) is 60.2 Å². The Kier molecular flexibility index (Phi) is 3.64. The van der Waals surface area contributed by atoms with Gasteiger partial charge in [-0.1, -0.05) is 46.8 Å². The second-order valence-corrected chi connectivity index (χ2v) is 4.18. The normalized spacial score (nSPS) is 9.78. The lowest BCUT2D eigenvalue weighted by Crippen LogP contribution is -1.94. The van der Waals surface area contributed by atoms with Crippen LogP contribution in [0.15, 0.2) is 59.0 Å². The second-order valence-electron chi connectivity index (χ2n) is 3.56. The monoisotopic (exact) mass is 259 g/mol. The third-order valence-electron chi connectivity index (χ3n) is 2.37. The Balaban J connectivity index is 2.43. The smallest absolute Gasteiger partial charge is 0.266 e. The molecule has 0 unspecified atom stereocenters. The minimum Gasteiger partial charge on any atom is -0.266 e. The van der Waals surface area contributed by atoms with Gasteiger partial charge < -0.3 is 0 Å². The molecule has 0 spiro atoms. The SMILES string of the molecule is O=C(N=S(=O)=O)c1cccc(-c2ccccc2)c1. The van der Waals surface area contributed by atoms with Gasteiger partial charge in [-0.3, -0.25) is 4.79 Å². The fourth-order valence-corrected chi connectivity index (χ4v) is 1.82. The average molecular weight is 259 g/mol. The van der Waals surface area contributed by atoms with Crippen molar-refractivity contribution in [2.24, 2.45) is 4.36 Å². The molecule has 2 aromatic carbocycles. The van der Waals surface area contributed by atoms with Gasteiger partial charge in [-0.05, 0) is 23.3 Å². The molecular formula is C13H9NO3S. The Bertz CT molecular complexity index is 698. The largest absolute Gasteiger partial charge is 0.319 e. The van der Waals surface area contributed by atoms with Crippen molar-refractivity contribution in [1.82, 2.24) is 0 Å². The van der Waals surface area contributed by atoms with Gasteiger partial charge in [0.25, 0.3) is 5.91 Å². The summed E-state index contributed by atoms with van der Waals surface area (Å²) in [6.07, 6.45) is 0. The van der Waals surface area contributed by atoms with Gasteiger partial charge in [0.1, 0.15) is 0 Å². The summed E-state index contributed by atoms with van der Waals surface area (Å²) in [6.45, 7) is 0. The average Bonchev–Trinajstić information content (AvgIpc) is 2.39. The fraction of sp³-hybridized carbons (Fsp3) is 0. The topological polar surface area (TPSA) is 63.6 Å². The molecule has 18 heavy (non-hydrogen) atoms. The lowest BCUT2D eigenvalue weighted by molar-refractivity contribution is 0.100. The predicted octanol–water partition coefficient (Wildman–Crippen LogP) is 2.56. The fourth-order valence-electron chi connectivity index (χ4n) is 1.58. The zero-order valence-electron chi connectivity index (χ0n) is 9.28. The Morgan fingerprint density at radius 3 is 2.22 bits per heavy atom. The van der Waals surface area contributed by atoms with Crippen molar-refractivity contribution in [2.45, 2.75) is 0 Å². The van der Waals surface area contributed by atoms with Gasteiger partial charge in [-0.15, -0.1) is 0 Å². The van der Waals surface area contributed by atoms with E-state index in [2.05, 4.69) is 4.36 Å². The molecule has 2 aromatic rings. The molecule has 0 aliphatic carbocycles. The van der Waals surface area contributed by atoms with Gasteiger partial charge in [0.2, 0.25) is 0 Å². The maximum Gasteiger partial charge on any atom is 0.319 e. The van der Waals surface area contributed by atoms with Gasteiger partial charge in [-0.25, -0.2) is 0 Å². The highest BCUT2D eigenvalue weighted by Crippen LogP contribution is 2.20. The van der Waals surface area contributed by atoms with E-state index in [0.29, 0.717) is 0 Å². The molecule has 0 fully saturated rings. The molecule has 0 saturated heterocycles. The molecule has 4 nitrogen and oxygen atoms in total. The van der Waals surface area contributed by atoms with E-state index in [-0.39, 0.29) is 5.56 Å². The molecule has 0 aromatic heterocycles. The van der Waals surface area contributed by atoms with E-state index in [1.807, 2.05) is 36.4 Å². The molecular weight excluding hydrogens is 250 g/mol. The van der Waals surface area contributed by atoms with Crippen LogP contribution < -0.4 is 0 Å². The van der Waals surface area contributed by atoms with E-state index in [9.17, 15) is 13.2 Å². The number of benzene rings is 2. The van der Waals surface area contributed by atoms with E-state index < -0.39 is 16.4 Å². The molecule has 0 aliphatic heterocycles. The van der Waals surface area contributed by atoms with Crippen LogP contribution in [-0.4, -0.2) is 14.3 Å². The van der Waals surface area contributed by atoms with Crippen molar-refractivity contribution < 1.29 is 13.2 Å². The molecule has 0 atom stereocenters. The first-order valence-corrected chi connectivity index (χ1v) is 6.21. The van der Waals surface area contributed by atoms with Crippen LogP contribution in [0.2, 0.25) is 0 Å². The Morgan fingerprint density at radius 2 is 1.56 bits per heavy atom. The zero-order chi connectivity index (χ0) is 13.0. The molecule has 0 N–H and O–H groups in total. The molecule has 0 heterocycles. The van der Waals surface area contributed by atoms with Gasteiger partial charge in [0, 0.05) is 5.56 Å². The number of rotatable bonds is 2. The summed E-state index contributed by atoms with van der Waals surface area (Å²) in [5.41, 5.74) is 2.05. The molecule has 2 rings (SSSR count). The second kappa shape index (κ2) is 5.37. The summed E-state index contributed by atoms with van der Waals surface area (Å²) in [5.74, 6) is -0.763. The van der Waals surface area contributed by atoms with Crippen LogP contribution >= 0.6 is 0 Å². The first-order chi connectivity index (χ1) is 8.66. The van der Waals surface area contributed by atoms with Crippen molar-refractivity contribution in [1.29, 1.82) is 0 Å². The van der Waals surface area contributed by atoms with Gasteiger partial charge in [-0.2, -0.15) is 8.42 Å². The van der Waals surface area contributed by atoms with E-state index in [4.69, 9.17) is 0 Å². The minimum absolute atomic E-state index is 0.251. The highest BCUT2D eigenvalue weighted by Gasteiger charge is 2.06. The van der Waals surface area contributed by atoms with Crippen LogP contribution in [0.5, 0.6) is 0 Å². The van der Waals surface area contributed by atoms with Gasteiger partial charge in [0.05, 0.1) is 0 Å². The maximum atomic E-state index is 11.5. The van der Waals surface area contributed by atoms with Gasteiger partial charge in [0.15, 0.2) is 0 Å². The first kappa shape index (κ1) is 12.2. The quantitative estimate of drug-likeness (QED) is 0.832. The molecule has 0 aliphatic rings. The van der Waals surface area contributed by atoms with Crippen LogP contribution in [0, 0.1) is 0 Å². The van der Waals surface area contributed by atoms with E-state index >= 15 is 0 Å². The lowest BCUT2D eigenvalue weighted by atomic mass is 10.0. The number of hydrogen-bond acceptors (Lipinski definition) is 3. The number of amides is 1. The molecule has 1 amide bonds. The Hall–Kier alpha value is -2.27. The number of hydrogen-bond donors (Lipinski definition) is 0. The van der Waals surface area contributed by atoms with Gasteiger partial charge >= 0.3 is 10.5 Å². The summed E-state index contributed by atoms with van der Waals surface area (Å²) in [7, 11) is -2.72. The highest BCUT2D eigenvalue weighted by molar-refractivity contribution is 7.62. The van der Waals surface area contributed by atoms with Crippen LogP contribution in [-0.2, 0) is 10.5 Å². The molecule has 5 heteroatoms. The summed E-state index contributed by atoms with van der Waals surface area (Å²) >= 11 is 0. The summed E-state index contributed by atoms with van der Waals surface area (Å²) < 4.78 is 23.7. The third-order valence-corrected chi connectivity index (χ3v) is 2.69. The molecule has 0 saturated carbocycles. The first-order valence-electron chi connectivity index (χ1n) is 5.18. The molecule has 0 bridgehead atoms. The lowest BCUT2D eigenvalue weighted by Gasteiger charge is -2.02. The maximum absolute atomic E-state index is 11.5. The highest BCUT2D eigenvalue weighted by atomic mass is 32.2. The summed E-state index contributed by atoms with van der Waals surface area (Å²) in [4.78, 5) is 11.5. The molecule has 0 radical (unpaired) electrons. The standard InChI is InChI=1S/C13H9NO3S/c15-13(14-18(16)17)12-8-4-7-11(9-12)10-5-2-1-3-6-10/h1-9H. The van der Waals surface area contributed by atoms with E-state index in [1.165, 1.54) is 6.07 Å². The van der Waals surface area contributed by atoms with E-state index in [0.717, 1.165) is 11.1 Å². The number of carbonyl (C=O) groups excluding carboxylic acids is 1. The molecule has 90 valence electrons. The van der Waals surface area contributed by atoms with Crippen molar-refractivity contribution in [3.63, 3.8) is 0 Å². The van der Waals surface area contributed by atoms with Crippen LogP contribution in [0.4, 0.5) is 0 Å². The van der Waals surface area contributed by atoms with Crippen LogP contribution in [0.25, 0.3) is 11.1 Å². The number of nitrogens with zero attached hydrogens (tertiary/aromatic N) is 1. The third kappa shape index (κ3) is 2.89. The van der Waals surface area contributed by atoms with E-state index in [1.54, 1.807) is 12.1 Å². The Labute approximate surface area is 106 Å². The van der Waals surface area contributed by atoms with Crippen molar-refractivity contribution in [2.75, 3.05) is 0 Å². The number of carbonyl (C=O) groups is 1. The minimum atomic E-state index is -2.72. The van der Waals surface area contributed by atoms with Crippen LogP contribution in [0.3, 0.4) is 0 Å². The Morgan fingerprint density at radius 1 is 0.889 bits per heavy atom. The van der Waals surface area contributed by atoms with Crippen molar-refractivity contribution in [3.8, 4) is 11.1 Å².